The van der Waals surface area contributed by atoms with Gasteiger partial charge >= 0.3 is 0 Å². The first kappa shape index (κ1) is 67.2. The first-order chi connectivity index (χ1) is 60.4. The van der Waals surface area contributed by atoms with Crippen LogP contribution in [0.2, 0.25) is 0 Å². The van der Waals surface area contributed by atoms with Gasteiger partial charge in [0, 0.05) is 117 Å². The lowest BCUT2D eigenvalue weighted by Gasteiger charge is -2.13. The predicted molar refractivity (Wildman–Crippen MR) is 508 cm³/mol. The lowest BCUT2D eigenvalue weighted by atomic mass is 9.98. The third-order valence-corrected chi connectivity index (χ3v) is 27.4. The van der Waals surface area contributed by atoms with Crippen LogP contribution in [0.4, 0.5) is 0 Å². The molecule has 0 unspecified atom stereocenters. The van der Waals surface area contributed by atoms with E-state index < -0.39 is 0 Å². The average Bonchev–Trinajstić information content (AvgIpc) is 1.86. The standard InChI is InChI=1S/C110H60N8O2S2/c1-2-21-63(22-3-1)105-111-107(72-42-45-99-85(51-72)81-31-14-17-36-98(81)121-99)115-109(112-105)76-55-88-80-30-13-16-35-97(80)120-103(88)95(60-76)118-91-56-67-26-8-6-24-65(67)49-83(91)84-53-74-48-70(39-38-69(74)58-92(84)118)78-32-18-33-82-86-52-73(43-46-100(86)122-104(78)82)108-113-106(71-40-37-61-19-4-5-23-64(61)47-71)114-110(116-108)75-54-87-79-29-12-15-34-96(79)119-102(87)94(59-75)117-90-44-41-62-20-10-11-28-77(62)101(90)89-50-66-25-7-9-27-68(66)57-93(89)117/h1-60H. The molecular weight excluding hydrogens is 1530 g/mol. The minimum atomic E-state index is 0.547. The minimum Gasteiger partial charge on any atom is -0.454 e. The molecule has 27 aromatic rings. The normalized spacial score (nSPS) is 12.3. The average molecular weight is 1590 g/mol. The smallest absolute Gasteiger partial charge is 0.164 e. The van der Waals surface area contributed by atoms with Gasteiger partial charge in [-0.15, -0.1) is 22.7 Å². The zero-order chi connectivity index (χ0) is 79.5. The van der Waals surface area contributed by atoms with Gasteiger partial charge in [-0.2, -0.15) is 0 Å². The third kappa shape index (κ3) is 10.3. The van der Waals surface area contributed by atoms with Crippen molar-refractivity contribution in [2.24, 2.45) is 0 Å². The minimum absolute atomic E-state index is 0.547. The van der Waals surface area contributed by atoms with E-state index in [1.807, 2.05) is 41.7 Å². The molecule has 0 saturated heterocycles. The SMILES string of the molecule is c1ccc(-c2nc(-c3ccc4sc5ccccc5c4c3)nc(-c3cc(-n4c5cc6ccccc6cc5c5cc6cc(-c7cccc8c7sc7ccc(-c9nc(-c%10ccc%11ccccc%11c%10)nc(-c%10cc(-n%11c%12cc%13ccccc%13cc%12c%12c%13ccccc%13ccc%12%11)c%11oc%12ccccc%12c%11c%10)n9)cc78)ccc6cc54)c4oc5ccccc5c4c3)n2)cc1. The molecule has 27 rings (SSSR count). The molecule has 0 radical (unpaired) electrons. The van der Waals surface area contributed by atoms with E-state index >= 15 is 0 Å². The molecule has 10 nitrogen and oxygen atoms in total. The molecule has 0 N–H and O–H groups in total. The summed E-state index contributed by atoms with van der Waals surface area (Å²) in [7, 11) is 0. The van der Waals surface area contributed by atoms with Crippen LogP contribution in [0.1, 0.15) is 0 Å². The monoisotopic (exact) mass is 1590 g/mol. The second kappa shape index (κ2) is 25.8. The van der Waals surface area contributed by atoms with Gasteiger partial charge in [-0.1, -0.05) is 231 Å². The second-order valence-corrected chi connectivity index (χ2v) is 34.1. The maximum atomic E-state index is 7.12. The van der Waals surface area contributed by atoms with Crippen LogP contribution in [-0.4, -0.2) is 39.0 Å². The number of nitrogens with zero attached hydrogens (tertiary/aromatic N) is 8. The van der Waals surface area contributed by atoms with Crippen molar-refractivity contribution in [2.45, 2.75) is 0 Å². The predicted octanol–water partition coefficient (Wildman–Crippen LogP) is 30.2. The van der Waals surface area contributed by atoms with Crippen LogP contribution >= 0.6 is 22.7 Å². The number of aromatic nitrogens is 8. The molecule has 0 aliphatic rings. The van der Waals surface area contributed by atoms with Gasteiger partial charge < -0.3 is 18.0 Å². The van der Waals surface area contributed by atoms with Crippen LogP contribution in [0.25, 0.3) is 273 Å². The number of benzene rings is 19. The van der Waals surface area contributed by atoms with E-state index in [4.69, 9.17) is 38.7 Å². The molecule has 0 amide bonds. The molecule has 0 atom stereocenters. The summed E-state index contributed by atoms with van der Waals surface area (Å²) in [5.74, 6) is 3.44. The van der Waals surface area contributed by atoms with Gasteiger partial charge in [0.1, 0.15) is 11.2 Å². The molecule has 0 aliphatic heterocycles. The summed E-state index contributed by atoms with van der Waals surface area (Å²) < 4.78 is 23.8. The summed E-state index contributed by atoms with van der Waals surface area (Å²) >= 11 is 3.62. The Labute approximate surface area is 702 Å². The van der Waals surface area contributed by atoms with Crippen molar-refractivity contribution < 1.29 is 8.83 Å². The van der Waals surface area contributed by atoms with Crippen LogP contribution in [0.5, 0.6) is 0 Å². The lowest BCUT2D eigenvalue weighted by molar-refractivity contribution is 0.666. The number of hydrogen-bond acceptors (Lipinski definition) is 10. The highest BCUT2D eigenvalue weighted by Crippen LogP contribution is 2.49. The fourth-order valence-corrected chi connectivity index (χ4v) is 21.6. The number of para-hydroxylation sites is 2. The number of hydrogen-bond donors (Lipinski definition) is 0. The Morgan fingerprint density at radius 2 is 0.607 bits per heavy atom. The molecule has 0 spiro atoms. The Hall–Kier alpha value is -15.9. The molecule has 19 aromatic carbocycles. The summed E-state index contributed by atoms with van der Waals surface area (Å²) in [6, 6.07) is 131. The first-order valence-electron chi connectivity index (χ1n) is 41.0. The summed E-state index contributed by atoms with van der Waals surface area (Å²) in [5, 5.41) is 24.7. The summed E-state index contributed by atoms with van der Waals surface area (Å²) in [6.07, 6.45) is 0. The topological polar surface area (TPSA) is 113 Å². The molecule has 0 fully saturated rings. The zero-order valence-electron chi connectivity index (χ0n) is 64.9. The first-order valence-corrected chi connectivity index (χ1v) is 42.6. The van der Waals surface area contributed by atoms with Gasteiger partial charge in [-0.05, 0) is 198 Å². The van der Waals surface area contributed by atoms with Crippen LogP contribution in [-0.2, 0) is 0 Å². The van der Waals surface area contributed by atoms with Crippen molar-refractivity contribution in [2.75, 3.05) is 0 Å². The Morgan fingerprint density at radius 1 is 0.205 bits per heavy atom. The maximum Gasteiger partial charge on any atom is 0.164 e. The number of fused-ring (bicyclic) bond motifs is 24. The van der Waals surface area contributed by atoms with Gasteiger partial charge in [-0.3, -0.25) is 0 Å². The highest BCUT2D eigenvalue weighted by atomic mass is 32.1. The largest absolute Gasteiger partial charge is 0.454 e. The van der Waals surface area contributed by atoms with Crippen LogP contribution in [0, 0.1) is 0 Å². The van der Waals surface area contributed by atoms with E-state index in [2.05, 4.69) is 343 Å². The highest BCUT2D eigenvalue weighted by Gasteiger charge is 2.28. The number of thiophene rings is 2. The fraction of sp³-hybridized carbons (Fsp3) is 0. The van der Waals surface area contributed by atoms with Gasteiger partial charge in [0.15, 0.2) is 46.1 Å². The zero-order valence-corrected chi connectivity index (χ0v) is 66.5. The van der Waals surface area contributed by atoms with Crippen molar-refractivity contribution in [3.05, 3.63) is 364 Å². The number of furan rings is 2. The van der Waals surface area contributed by atoms with Crippen molar-refractivity contribution in [3.8, 4) is 90.8 Å². The summed E-state index contributed by atoms with van der Waals surface area (Å²) in [6.45, 7) is 0. The Balaban J connectivity index is 0.615. The van der Waals surface area contributed by atoms with E-state index in [-0.39, 0.29) is 0 Å². The Bertz CT molecular complexity index is 9270. The molecule has 122 heavy (non-hydrogen) atoms. The summed E-state index contributed by atoms with van der Waals surface area (Å²) in [4.78, 5) is 32.7. The third-order valence-electron chi connectivity index (χ3n) is 25.0. The van der Waals surface area contributed by atoms with E-state index in [0.717, 1.165) is 191 Å². The molecule has 0 bridgehead atoms. The van der Waals surface area contributed by atoms with Crippen molar-refractivity contribution in [1.29, 1.82) is 0 Å². The maximum absolute atomic E-state index is 7.12. The van der Waals surface area contributed by atoms with Crippen LogP contribution in [0.3, 0.4) is 0 Å². The second-order valence-electron chi connectivity index (χ2n) is 32.0. The van der Waals surface area contributed by atoms with E-state index in [0.29, 0.717) is 34.9 Å². The lowest BCUT2D eigenvalue weighted by Crippen LogP contribution is -2.01. The van der Waals surface area contributed by atoms with Gasteiger partial charge in [0.25, 0.3) is 0 Å². The van der Waals surface area contributed by atoms with E-state index in [1.54, 1.807) is 11.3 Å². The molecule has 0 aliphatic carbocycles. The molecule has 8 aromatic heterocycles. The number of rotatable bonds is 9. The van der Waals surface area contributed by atoms with Crippen LogP contribution in [0.15, 0.2) is 373 Å². The van der Waals surface area contributed by atoms with E-state index in [9.17, 15) is 0 Å². The summed E-state index contributed by atoms with van der Waals surface area (Å²) in [5.41, 5.74) is 16.7. The van der Waals surface area contributed by atoms with Crippen molar-refractivity contribution in [3.63, 3.8) is 0 Å². The Morgan fingerprint density at radius 3 is 1.24 bits per heavy atom. The van der Waals surface area contributed by atoms with Gasteiger partial charge in [-0.25, -0.2) is 29.9 Å². The quantitative estimate of drug-likeness (QED) is 0.140. The fourth-order valence-electron chi connectivity index (χ4n) is 19.3. The molecular formula is C110H60N8O2S2. The molecule has 12 heteroatoms. The van der Waals surface area contributed by atoms with Crippen molar-refractivity contribution in [1.82, 2.24) is 39.0 Å². The Kier molecular flexibility index (Phi) is 14.2. The molecule has 8 heterocycles. The van der Waals surface area contributed by atoms with Gasteiger partial charge in [0.2, 0.25) is 0 Å². The van der Waals surface area contributed by atoms with E-state index in [1.165, 1.54) is 46.4 Å². The highest BCUT2D eigenvalue weighted by molar-refractivity contribution is 7.26. The van der Waals surface area contributed by atoms with Crippen molar-refractivity contribution >= 4 is 204 Å². The van der Waals surface area contributed by atoms with Gasteiger partial charge in [0.05, 0.1) is 33.4 Å². The van der Waals surface area contributed by atoms with Crippen LogP contribution < -0.4 is 0 Å². The molecule has 564 valence electrons. The molecule has 0 saturated carbocycles.